The van der Waals surface area contributed by atoms with Gasteiger partial charge in [-0.3, -0.25) is 9.59 Å². The number of rotatable bonds is 5. The number of hydrogen-bond acceptors (Lipinski definition) is 3. The fraction of sp³-hybridized carbons (Fsp3) is 0.263. The Balaban J connectivity index is 1.57. The van der Waals surface area contributed by atoms with E-state index in [4.69, 9.17) is 0 Å². The van der Waals surface area contributed by atoms with Gasteiger partial charge < -0.3 is 10.2 Å². The van der Waals surface area contributed by atoms with Crippen molar-refractivity contribution in [2.45, 2.75) is 24.3 Å². The smallest absolute Gasteiger partial charge is 0.251 e. The zero-order chi connectivity index (χ0) is 16.9. The van der Waals surface area contributed by atoms with Crippen LogP contribution in [0.5, 0.6) is 0 Å². The van der Waals surface area contributed by atoms with Gasteiger partial charge in [-0.1, -0.05) is 12.1 Å². The number of benzene rings is 2. The molecule has 5 heteroatoms. The van der Waals surface area contributed by atoms with E-state index in [1.54, 1.807) is 11.8 Å². The van der Waals surface area contributed by atoms with E-state index in [0.717, 1.165) is 29.1 Å². The van der Waals surface area contributed by atoms with Crippen LogP contribution in [0.1, 0.15) is 28.8 Å². The van der Waals surface area contributed by atoms with Crippen LogP contribution < -0.4 is 10.2 Å². The van der Waals surface area contributed by atoms with Gasteiger partial charge >= 0.3 is 0 Å². The molecule has 2 amide bonds. The molecule has 1 aliphatic heterocycles. The Labute approximate surface area is 146 Å². The van der Waals surface area contributed by atoms with Crippen LogP contribution in [0.4, 0.5) is 5.69 Å². The van der Waals surface area contributed by atoms with Crippen molar-refractivity contribution in [1.82, 2.24) is 5.32 Å². The summed E-state index contributed by atoms with van der Waals surface area (Å²) in [6.45, 7) is 1.26. The van der Waals surface area contributed by atoms with Crippen molar-refractivity contribution >= 4 is 29.3 Å². The highest BCUT2D eigenvalue weighted by atomic mass is 32.2. The van der Waals surface area contributed by atoms with E-state index < -0.39 is 0 Å². The first-order valence-electron chi connectivity index (χ1n) is 7.99. The van der Waals surface area contributed by atoms with Crippen LogP contribution >= 0.6 is 11.8 Å². The zero-order valence-corrected chi connectivity index (χ0v) is 14.4. The first-order chi connectivity index (χ1) is 11.7. The van der Waals surface area contributed by atoms with E-state index in [0.29, 0.717) is 18.5 Å². The summed E-state index contributed by atoms with van der Waals surface area (Å²) in [5.41, 5.74) is 2.60. The molecule has 0 bridgehead atoms. The Morgan fingerprint density at radius 3 is 2.42 bits per heavy atom. The summed E-state index contributed by atoms with van der Waals surface area (Å²) in [6.07, 6.45) is 3.56. The van der Waals surface area contributed by atoms with Gasteiger partial charge in [0.25, 0.3) is 5.91 Å². The molecule has 1 saturated heterocycles. The number of thioether (sulfide) groups is 1. The predicted octanol–water partition coefficient (Wildman–Crippen LogP) is 3.47. The highest BCUT2D eigenvalue weighted by Crippen LogP contribution is 2.21. The number of nitrogens with one attached hydrogen (secondary N) is 1. The fourth-order valence-electron chi connectivity index (χ4n) is 2.74. The average molecular weight is 340 g/mol. The van der Waals surface area contributed by atoms with Gasteiger partial charge in [0.15, 0.2) is 0 Å². The van der Waals surface area contributed by atoms with Crippen LogP contribution in [0.25, 0.3) is 0 Å². The van der Waals surface area contributed by atoms with E-state index in [2.05, 4.69) is 5.32 Å². The minimum atomic E-state index is -0.0820. The maximum atomic E-state index is 12.2. The summed E-state index contributed by atoms with van der Waals surface area (Å²) >= 11 is 1.65. The van der Waals surface area contributed by atoms with Crippen LogP contribution in [0.15, 0.2) is 53.4 Å². The van der Waals surface area contributed by atoms with Gasteiger partial charge in [0.05, 0.1) is 0 Å². The summed E-state index contributed by atoms with van der Waals surface area (Å²) in [7, 11) is 0. The van der Waals surface area contributed by atoms with Gasteiger partial charge in [-0.15, -0.1) is 11.8 Å². The van der Waals surface area contributed by atoms with E-state index in [9.17, 15) is 9.59 Å². The molecule has 0 aromatic heterocycles. The number of amides is 2. The van der Waals surface area contributed by atoms with E-state index in [1.165, 1.54) is 0 Å². The Kier molecular flexibility index (Phi) is 5.20. The molecule has 24 heavy (non-hydrogen) atoms. The Morgan fingerprint density at radius 2 is 1.83 bits per heavy atom. The fourth-order valence-corrected chi connectivity index (χ4v) is 3.15. The molecular weight excluding hydrogens is 320 g/mol. The molecule has 2 aromatic rings. The van der Waals surface area contributed by atoms with E-state index in [1.807, 2.05) is 59.7 Å². The van der Waals surface area contributed by atoms with Crippen LogP contribution in [0.3, 0.4) is 0 Å². The standard InChI is InChI=1S/C19H20N2O2S/c1-24-17-10-6-15(7-11-17)19(23)20-13-14-4-8-16(9-5-14)21-12-2-3-18(21)22/h4-11H,2-3,12-13H2,1H3,(H,20,23). The topological polar surface area (TPSA) is 49.4 Å². The molecule has 4 nitrogen and oxygen atoms in total. The van der Waals surface area contributed by atoms with Crippen molar-refractivity contribution in [3.8, 4) is 0 Å². The quantitative estimate of drug-likeness (QED) is 0.848. The van der Waals surface area contributed by atoms with Gasteiger partial charge in [-0.2, -0.15) is 0 Å². The molecule has 124 valence electrons. The molecule has 0 unspecified atom stereocenters. The minimum absolute atomic E-state index is 0.0820. The molecule has 2 aromatic carbocycles. The second-order valence-corrected chi connectivity index (χ2v) is 6.61. The third-order valence-corrected chi connectivity index (χ3v) is 4.87. The third-order valence-electron chi connectivity index (χ3n) is 4.13. The van der Waals surface area contributed by atoms with Crippen molar-refractivity contribution in [1.29, 1.82) is 0 Å². The zero-order valence-electron chi connectivity index (χ0n) is 13.6. The second-order valence-electron chi connectivity index (χ2n) is 5.73. The summed E-state index contributed by atoms with van der Waals surface area (Å²) in [5, 5.41) is 2.92. The molecule has 1 aliphatic rings. The minimum Gasteiger partial charge on any atom is -0.348 e. The largest absolute Gasteiger partial charge is 0.348 e. The maximum absolute atomic E-state index is 12.2. The highest BCUT2D eigenvalue weighted by molar-refractivity contribution is 7.98. The summed E-state index contributed by atoms with van der Waals surface area (Å²) in [5.74, 6) is 0.103. The van der Waals surface area contributed by atoms with Crippen LogP contribution in [-0.2, 0) is 11.3 Å². The van der Waals surface area contributed by atoms with E-state index in [-0.39, 0.29) is 11.8 Å². The normalized spacial score (nSPS) is 14.0. The molecule has 1 heterocycles. The number of carbonyl (C=O) groups is 2. The lowest BCUT2D eigenvalue weighted by Crippen LogP contribution is -2.24. The Hall–Kier alpha value is -2.27. The van der Waals surface area contributed by atoms with Crippen molar-refractivity contribution < 1.29 is 9.59 Å². The molecule has 1 N–H and O–H groups in total. The molecule has 0 saturated carbocycles. The van der Waals surface area contributed by atoms with Crippen LogP contribution in [0, 0.1) is 0 Å². The molecule has 0 aliphatic carbocycles. The van der Waals surface area contributed by atoms with Crippen molar-refractivity contribution in [2.75, 3.05) is 17.7 Å². The van der Waals surface area contributed by atoms with Crippen LogP contribution in [0.2, 0.25) is 0 Å². The second kappa shape index (κ2) is 7.53. The molecule has 0 radical (unpaired) electrons. The summed E-state index contributed by atoms with van der Waals surface area (Å²) < 4.78 is 0. The number of nitrogens with zero attached hydrogens (tertiary/aromatic N) is 1. The van der Waals surface area contributed by atoms with Crippen molar-refractivity contribution in [2.24, 2.45) is 0 Å². The molecular formula is C19H20N2O2S. The first kappa shape index (κ1) is 16.6. The average Bonchev–Trinajstić information content (AvgIpc) is 3.06. The summed E-state index contributed by atoms with van der Waals surface area (Å²) in [6, 6.07) is 15.4. The third kappa shape index (κ3) is 3.79. The maximum Gasteiger partial charge on any atom is 0.251 e. The van der Waals surface area contributed by atoms with E-state index >= 15 is 0 Å². The molecule has 0 spiro atoms. The van der Waals surface area contributed by atoms with Gasteiger partial charge in [0.1, 0.15) is 0 Å². The van der Waals surface area contributed by atoms with Gasteiger partial charge in [0, 0.05) is 35.7 Å². The lowest BCUT2D eigenvalue weighted by molar-refractivity contribution is -0.117. The monoisotopic (exact) mass is 340 g/mol. The lowest BCUT2D eigenvalue weighted by atomic mass is 10.1. The van der Waals surface area contributed by atoms with Gasteiger partial charge in [-0.25, -0.2) is 0 Å². The lowest BCUT2D eigenvalue weighted by Gasteiger charge is -2.16. The predicted molar refractivity (Wildman–Crippen MR) is 97.4 cm³/mol. The Morgan fingerprint density at radius 1 is 1.12 bits per heavy atom. The highest BCUT2D eigenvalue weighted by Gasteiger charge is 2.21. The Bertz CT molecular complexity index is 726. The van der Waals surface area contributed by atoms with Crippen molar-refractivity contribution in [3.63, 3.8) is 0 Å². The molecule has 1 fully saturated rings. The summed E-state index contributed by atoms with van der Waals surface area (Å²) in [4.78, 5) is 26.9. The molecule has 3 rings (SSSR count). The van der Waals surface area contributed by atoms with Gasteiger partial charge in [-0.05, 0) is 54.6 Å². The van der Waals surface area contributed by atoms with Crippen LogP contribution in [-0.4, -0.2) is 24.6 Å². The molecule has 0 atom stereocenters. The number of anilines is 1. The first-order valence-corrected chi connectivity index (χ1v) is 9.21. The number of hydrogen-bond donors (Lipinski definition) is 1. The SMILES string of the molecule is CSc1ccc(C(=O)NCc2ccc(N3CCCC3=O)cc2)cc1. The van der Waals surface area contributed by atoms with Gasteiger partial charge in [0.2, 0.25) is 5.91 Å². The van der Waals surface area contributed by atoms with Crippen molar-refractivity contribution in [3.05, 3.63) is 59.7 Å². The number of carbonyl (C=O) groups excluding carboxylic acids is 2.